The van der Waals surface area contributed by atoms with Crippen LogP contribution in [0.15, 0.2) is 30.3 Å². The van der Waals surface area contributed by atoms with Gasteiger partial charge in [0.2, 0.25) is 0 Å². The first-order chi connectivity index (χ1) is 13.9. The average molecular weight is 407 g/mol. The first-order valence-electron chi connectivity index (χ1n) is 10.5. The Morgan fingerprint density at radius 1 is 1.21 bits per heavy atom. The molecule has 1 aromatic carbocycles. The van der Waals surface area contributed by atoms with Gasteiger partial charge in [0.05, 0.1) is 18.7 Å². The Morgan fingerprint density at radius 2 is 1.90 bits per heavy atom. The SMILES string of the molecule is CCCC[C@H](NC(=O)OCC1(CO)CCC1)C(O)C(=O)N[C@H](C)c1ccccc1. The molecule has 0 radical (unpaired) electrons. The number of hydrogen-bond donors (Lipinski definition) is 4. The van der Waals surface area contributed by atoms with Crippen molar-refractivity contribution in [3.63, 3.8) is 0 Å². The predicted molar refractivity (Wildman–Crippen MR) is 110 cm³/mol. The lowest BCUT2D eigenvalue weighted by molar-refractivity contribution is -0.131. The van der Waals surface area contributed by atoms with Crippen LogP contribution in [0.4, 0.5) is 4.79 Å². The summed E-state index contributed by atoms with van der Waals surface area (Å²) in [5.41, 5.74) is 0.595. The molecule has 162 valence electrons. The fourth-order valence-electron chi connectivity index (χ4n) is 3.48. The van der Waals surface area contributed by atoms with Crippen LogP contribution >= 0.6 is 0 Å². The molecule has 2 rings (SSSR count). The third-order valence-electron chi connectivity index (χ3n) is 5.74. The molecule has 1 fully saturated rings. The van der Waals surface area contributed by atoms with Crippen LogP contribution in [-0.2, 0) is 9.53 Å². The molecule has 0 spiro atoms. The summed E-state index contributed by atoms with van der Waals surface area (Å²) in [6.45, 7) is 3.97. The van der Waals surface area contributed by atoms with E-state index in [0.717, 1.165) is 37.7 Å². The molecule has 1 saturated carbocycles. The third kappa shape index (κ3) is 6.72. The average Bonchev–Trinajstić information content (AvgIpc) is 2.70. The van der Waals surface area contributed by atoms with Crippen molar-refractivity contribution in [1.82, 2.24) is 10.6 Å². The fraction of sp³-hybridized carbons (Fsp3) is 0.636. The minimum atomic E-state index is -1.38. The maximum Gasteiger partial charge on any atom is 0.407 e. The minimum Gasteiger partial charge on any atom is -0.449 e. The minimum absolute atomic E-state index is 0.0120. The summed E-state index contributed by atoms with van der Waals surface area (Å²) in [6.07, 6.45) is 2.72. The number of rotatable bonds is 11. The summed E-state index contributed by atoms with van der Waals surface area (Å²) in [6, 6.07) is 8.47. The normalized spacial score (nSPS) is 18.1. The fourth-order valence-corrected chi connectivity index (χ4v) is 3.48. The van der Waals surface area contributed by atoms with Crippen LogP contribution in [0.3, 0.4) is 0 Å². The maximum atomic E-state index is 12.5. The van der Waals surface area contributed by atoms with Crippen LogP contribution in [0.1, 0.15) is 64.0 Å². The molecule has 2 amide bonds. The predicted octanol–water partition coefficient (Wildman–Crippen LogP) is 2.67. The second kappa shape index (κ2) is 11.2. The van der Waals surface area contributed by atoms with Crippen LogP contribution in [0.2, 0.25) is 0 Å². The van der Waals surface area contributed by atoms with Crippen LogP contribution in [0.25, 0.3) is 0 Å². The Hall–Kier alpha value is -2.12. The highest BCUT2D eigenvalue weighted by Gasteiger charge is 2.38. The van der Waals surface area contributed by atoms with Crippen molar-refractivity contribution in [1.29, 1.82) is 0 Å². The molecule has 29 heavy (non-hydrogen) atoms. The van der Waals surface area contributed by atoms with Gasteiger partial charge in [-0.25, -0.2) is 4.79 Å². The standard InChI is InChI=1S/C22H34N2O5/c1-3-4-11-18(24-21(28)29-15-22(14-25)12-8-13-22)19(26)20(27)23-16(2)17-9-6-5-7-10-17/h5-7,9-10,16,18-19,25-26H,3-4,8,11-15H2,1-2H3,(H,23,27)(H,24,28)/t16-,18+,19?/m1/s1. The Kier molecular flexibility index (Phi) is 8.92. The molecular formula is C22H34N2O5. The highest BCUT2D eigenvalue weighted by atomic mass is 16.5. The number of aliphatic hydroxyl groups is 2. The Morgan fingerprint density at radius 3 is 2.45 bits per heavy atom. The number of carbonyl (C=O) groups excluding carboxylic acids is 2. The van der Waals surface area contributed by atoms with Gasteiger partial charge >= 0.3 is 6.09 Å². The van der Waals surface area contributed by atoms with Crippen LogP contribution in [-0.4, -0.2) is 47.6 Å². The molecular weight excluding hydrogens is 372 g/mol. The van der Waals surface area contributed by atoms with Gasteiger partial charge in [-0.2, -0.15) is 0 Å². The van der Waals surface area contributed by atoms with E-state index in [4.69, 9.17) is 4.74 Å². The zero-order valence-corrected chi connectivity index (χ0v) is 17.4. The van der Waals surface area contributed by atoms with E-state index in [1.807, 2.05) is 44.2 Å². The van der Waals surface area contributed by atoms with Crippen molar-refractivity contribution in [2.24, 2.45) is 5.41 Å². The molecule has 4 N–H and O–H groups in total. The Balaban J connectivity index is 1.90. The Labute approximate surface area is 172 Å². The van der Waals surface area contributed by atoms with E-state index in [1.54, 1.807) is 0 Å². The Bertz CT molecular complexity index is 642. The molecule has 1 aliphatic carbocycles. The van der Waals surface area contributed by atoms with E-state index in [0.29, 0.717) is 6.42 Å². The van der Waals surface area contributed by atoms with Gasteiger partial charge in [0.15, 0.2) is 6.10 Å². The smallest absolute Gasteiger partial charge is 0.407 e. The number of benzene rings is 1. The number of aliphatic hydroxyl groups excluding tert-OH is 2. The lowest BCUT2D eigenvalue weighted by Crippen LogP contribution is -2.51. The summed E-state index contributed by atoms with van der Waals surface area (Å²) in [5.74, 6) is -0.534. The molecule has 0 bridgehead atoms. The molecule has 0 heterocycles. The van der Waals surface area contributed by atoms with Gasteiger partial charge in [-0.05, 0) is 31.7 Å². The number of alkyl carbamates (subject to hydrolysis) is 1. The van der Waals surface area contributed by atoms with Crippen molar-refractivity contribution in [2.75, 3.05) is 13.2 Å². The molecule has 0 saturated heterocycles. The second-order valence-corrected chi connectivity index (χ2v) is 8.07. The van der Waals surface area contributed by atoms with Crippen LogP contribution in [0, 0.1) is 5.41 Å². The number of amides is 2. The van der Waals surface area contributed by atoms with Crippen LogP contribution < -0.4 is 10.6 Å². The molecule has 0 aliphatic heterocycles. The van der Waals surface area contributed by atoms with Crippen LogP contribution in [0.5, 0.6) is 0 Å². The van der Waals surface area contributed by atoms with E-state index in [9.17, 15) is 19.8 Å². The molecule has 3 atom stereocenters. The van der Waals surface area contributed by atoms with Crippen molar-refractivity contribution in [3.05, 3.63) is 35.9 Å². The maximum absolute atomic E-state index is 12.5. The largest absolute Gasteiger partial charge is 0.449 e. The highest BCUT2D eigenvalue weighted by molar-refractivity contribution is 5.82. The zero-order valence-electron chi connectivity index (χ0n) is 17.4. The molecule has 1 aromatic rings. The van der Waals surface area contributed by atoms with Gasteiger partial charge in [-0.3, -0.25) is 4.79 Å². The van der Waals surface area contributed by atoms with Crippen molar-refractivity contribution in [3.8, 4) is 0 Å². The van der Waals surface area contributed by atoms with E-state index < -0.39 is 24.1 Å². The van der Waals surface area contributed by atoms with Crippen molar-refractivity contribution < 1.29 is 24.5 Å². The number of ether oxygens (including phenoxy) is 1. The number of hydrogen-bond acceptors (Lipinski definition) is 5. The quantitative estimate of drug-likeness (QED) is 0.452. The zero-order chi connectivity index (χ0) is 21.3. The van der Waals surface area contributed by atoms with Gasteiger partial charge in [-0.1, -0.05) is 56.5 Å². The van der Waals surface area contributed by atoms with Gasteiger partial charge in [0.1, 0.15) is 6.61 Å². The van der Waals surface area contributed by atoms with Gasteiger partial charge < -0.3 is 25.6 Å². The molecule has 0 aromatic heterocycles. The monoisotopic (exact) mass is 406 g/mol. The summed E-state index contributed by atoms with van der Waals surface area (Å²) < 4.78 is 5.28. The summed E-state index contributed by atoms with van der Waals surface area (Å²) in [7, 11) is 0. The van der Waals surface area contributed by atoms with E-state index in [2.05, 4.69) is 10.6 Å². The molecule has 1 aliphatic rings. The second-order valence-electron chi connectivity index (χ2n) is 8.07. The number of carbonyl (C=O) groups is 2. The first-order valence-corrected chi connectivity index (χ1v) is 10.5. The van der Waals surface area contributed by atoms with E-state index in [-0.39, 0.29) is 24.7 Å². The van der Waals surface area contributed by atoms with E-state index >= 15 is 0 Å². The lowest BCUT2D eigenvalue weighted by Gasteiger charge is -2.39. The van der Waals surface area contributed by atoms with Gasteiger partial charge in [0.25, 0.3) is 5.91 Å². The summed E-state index contributed by atoms with van der Waals surface area (Å²) >= 11 is 0. The van der Waals surface area contributed by atoms with E-state index in [1.165, 1.54) is 0 Å². The summed E-state index contributed by atoms with van der Waals surface area (Å²) in [4.78, 5) is 24.8. The van der Waals surface area contributed by atoms with Crippen molar-refractivity contribution >= 4 is 12.0 Å². The lowest BCUT2D eigenvalue weighted by atomic mass is 9.70. The third-order valence-corrected chi connectivity index (χ3v) is 5.74. The molecule has 7 heteroatoms. The molecule has 7 nitrogen and oxygen atoms in total. The summed E-state index contributed by atoms with van der Waals surface area (Å²) in [5, 5.41) is 25.5. The first kappa shape index (κ1) is 23.2. The van der Waals surface area contributed by atoms with Crippen molar-refractivity contribution in [2.45, 2.75) is 70.6 Å². The molecule has 1 unspecified atom stereocenters. The number of unbranched alkanes of at least 4 members (excludes halogenated alkanes) is 1. The van der Waals surface area contributed by atoms with Gasteiger partial charge in [0, 0.05) is 5.41 Å². The highest BCUT2D eigenvalue weighted by Crippen LogP contribution is 2.40. The topological polar surface area (TPSA) is 108 Å². The number of nitrogens with one attached hydrogen (secondary N) is 2. The van der Waals surface area contributed by atoms with Gasteiger partial charge in [-0.15, -0.1) is 0 Å².